The molecule has 0 radical (unpaired) electrons. The fourth-order valence-electron chi connectivity index (χ4n) is 3.43. The topological polar surface area (TPSA) is 75.7 Å². The fourth-order valence-corrected chi connectivity index (χ4v) is 4.03. The Morgan fingerprint density at radius 3 is 2.67 bits per heavy atom. The molecular formula is C22H22BrClN2O4. The molecule has 0 spiro atoms. The molecule has 0 unspecified atom stereocenters. The van der Waals surface area contributed by atoms with E-state index >= 15 is 0 Å². The molecule has 0 saturated carbocycles. The molecule has 3 rings (SSSR count). The molecule has 1 aliphatic rings. The zero-order valence-electron chi connectivity index (χ0n) is 16.9. The summed E-state index contributed by atoms with van der Waals surface area (Å²) >= 11 is 9.48. The molecule has 1 N–H and O–H groups in total. The molecule has 0 aromatic heterocycles. The van der Waals surface area contributed by atoms with E-state index in [1.807, 2.05) is 32.0 Å². The normalized spacial score (nSPS) is 16.0. The van der Waals surface area contributed by atoms with Crippen LogP contribution in [-0.2, 0) is 19.1 Å². The quantitative estimate of drug-likeness (QED) is 0.620. The summed E-state index contributed by atoms with van der Waals surface area (Å²) < 4.78 is 5.89. The monoisotopic (exact) mass is 492 g/mol. The zero-order valence-corrected chi connectivity index (χ0v) is 19.3. The number of benzene rings is 2. The highest BCUT2D eigenvalue weighted by atomic mass is 79.9. The van der Waals surface area contributed by atoms with Gasteiger partial charge < -0.3 is 15.0 Å². The average molecular weight is 494 g/mol. The third kappa shape index (κ3) is 4.84. The van der Waals surface area contributed by atoms with Gasteiger partial charge in [-0.25, -0.2) is 0 Å². The van der Waals surface area contributed by atoms with Gasteiger partial charge in [0, 0.05) is 28.8 Å². The van der Waals surface area contributed by atoms with E-state index in [-0.39, 0.29) is 18.9 Å². The smallest absolute Gasteiger partial charge is 0.311 e. The Hall–Kier alpha value is -2.38. The van der Waals surface area contributed by atoms with Gasteiger partial charge in [0.1, 0.15) is 0 Å². The number of carbonyl (C=O) groups is 3. The van der Waals surface area contributed by atoms with Crippen molar-refractivity contribution in [3.05, 3.63) is 56.5 Å². The van der Waals surface area contributed by atoms with Crippen LogP contribution in [0.4, 0.5) is 11.4 Å². The number of nitrogens with zero attached hydrogens (tertiary/aromatic N) is 1. The first-order valence-electron chi connectivity index (χ1n) is 9.46. The van der Waals surface area contributed by atoms with Crippen molar-refractivity contribution in [1.82, 2.24) is 0 Å². The SMILES string of the molecule is Cc1ccc(N2C[C@@H](C(=O)OCC(=O)Nc3ccc(Br)c(Cl)c3C)CC2=O)c(C)c1. The Labute approximate surface area is 188 Å². The molecule has 0 bridgehead atoms. The zero-order chi connectivity index (χ0) is 22.0. The van der Waals surface area contributed by atoms with Gasteiger partial charge in [0.2, 0.25) is 5.91 Å². The summed E-state index contributed by atoms with van der Waals surface area (Å²) in [6.07, 6.45) is 0.0647. The number of anilines is 2. The van der Waals surface area contributed by atoms with Crippen LogP contribution < -0.4 is 10.2 Å². The molecule has 2 amide bonds. The van der Waals surface area contributed by atoms with E-state index in [1.54, 1.807) is 24.0 Å². The minimum Gasteiger partial charge on any atom is -0.455 e. The standard InChI is InChI=1S/C22H22BrClN2O4/c1-12-4-7-18(13(2)8-12)26-10-15(9-20(26)28)22(29)30-11-19(27)25-17-6-5-16(23)21(24)14(17)3/h4-8,15H,9-11H2,1-3H3,(H,25,27)/t15-/m0/s1. The molecular weight excluding hydrogens is 472 g/mol. The summed E-state index contributed by atoms with van der Waals surface area (Å²) in [7, 11) is 0. The Balaban J connectivity index is 1.57. The number of carbonyl (C=O) groups excluding carboxylic acids is 3. The van der Waals surface area contributed by atoms with Crippen LogP contribution in [-0.4, -0.2) is 30.9 Å². The molecule has 1 fully saturated rings. The van der Waals surface area contributed by atoms with Gasteiger partial charge in [-0.05, 0) is 66.0 Å². The van der Waals surface area contributed by atoms with Gasteiger partial charge in [0.05, 0.1) is 10.9 Å². The minimum absolute atomic E-state index is 0.0647. The van der Waals surface area contributed by atoms with Crippen LogP contribution in [0.3, 0.4) is 0 Å². The third-order valence-electron chi connectivity index (χ3n) is 5.06. The lowest BCUT2D eigenvalue weighted by atomic mass is 10.1. The van der Waals surface area contributed by atoms with E-state index in [1.165, 1.54) is 0 Å². The number of rotatable bonds is 5. The van der Waals surface area contributed by atoms with Crippen molar-refractivity contribution in [1.29, 1.82) is 0 Å². The summed E-state index contributed by atoms with van der Waals surface area (Å²) in [6, 6.07) is 9.25. The maximum Gasteiger partial charge on any atom is 0.311 e. The number of esters is 1. The molecule has 6 nitrogen and oxygen atoms in total. The first kappa shape index (κ1) is 22.3. The van der Waals surface area contributed by atoms with Crippen molar-refractivity contribution in [2.75, 3.05) is 23.4 Å². The van der Waals surface area contributed by atoms with E-state index in [2.05, 4.69) is 21.2 Å². The van der Waals surface area contributed by atoms with Gasteiger partial charge in [-0.15, -0.1) is 0 Å². The number of aryl methyl sites for hydroxylation is 2. The predicted octanol–water partition coefficient (Wildman–Crippen LogP) is 4.56. The van der Waals surface area contributed by atoms with Crippen LogP contribution in [0.15, 0.2) is 34.8 Å². The van der Waals surface area contributed by atoms with Gasteiger partial charge in [-0.3, -0.25) is 14.4 Å². The molecule has 30 heavy (non-hydrogen) atoms. The maximum atomic E-state index is 12.4. The average Bonchev–Trinajstić information content (AvgIpc) is 3.08. The van der Waals surface area contributed by atoms with Crippen LogP contribution >= 0.6 is 27.5 Å². The largest absolute Gasteiger partial charge is 0.455 e. The Kier molecular flexibility index (Phi) is 6.83. The first-order valence-corrected chi connectivity index (χ1v) is 10.6. The van der Waals surface area contributed by atoms with Gasteiger partial charge in [-0.1, -0.05) is 29.3 Å². The summed E-state index contributed by atoms with van der Waals surface area (Å²) in [5.41, 5.74) is 4.12. The molecule has 2 aromatic rings. The Bertz CT molecular complexity index is 1020. The van der Waals surface area contributed by atoms with Crippen LogP contribution in [0.25, 0.3) is 0 Å². The Morgan fingerprint density at radius 2 is 1.97 bits per heavy atom. The molecule has 8 heteroatoms. The highest BCUT2D eigenvalue weighted by Gasteiger charge is 2.36. The molecule has 1 heterocycles. The summed E-state index contributed by atoms with van der Waals surface area (Å²) in [6.45, 7) is 5.50. The number of halogens is 2. The highest BCUT2D eigenvalue weighted by Crippen LogP contribution is 2.31. The van der Waals surface area contributed by atoms with E-state index in [9.17, 15) is 14.4 Å². The summed E-state index contributed by atoms with van der Waals surface area (Å²) in [5, 5.41) is 3.18. The minimum atomic E-state index is -0.602. The summed E-state index contributed by atoms with van der Waals surface area (Å²) in [4.78, 5) is 38.6. The van der Waals surface area contributed by atoms with E-state index in [0.717, 1.165) is 21.3 Å². The molecule has 158 valence electrons. The van der Waals surface area contributed by atoms with Gasteiger partial charge in [-0.2, -0.15) is 0 Å². The summed E-state index contributed by atoms with van der Waals surface area (Å²) in [5.74, 6) is -1.76. The molecule has 1 atom stereocenters. The van der Waals surface area contributed by atoms with E-state index < -0.39 is 24.4 Å². The van der Waals surface area contributed by atoms with E-state index in [4.69, 9.17) is 16.3 Å². The van der Waals surface area contributed by atoms with Crippen LogP contribution in [0, 0.1) is 26.7 Å². The molecule has 1 aliphatic heterocycles. The second kappa shape index (κ2) is 9.18. The van der Waals surface area contributed by atoms with Crippen molar-refractivity contribution in [3.8, 4) is 0 Å². The fraction of sp³-hybridized carbons (Fsp3) is 0.318. The Morgan fingerprint density at radius 1 is 1.23 bits per heavy atom. The maximum absolute atomic E-state index is 12.4. The van der Waals surface area contributed by atoms with Crippen molar-refractivity contribution in [2.45, 2.75) is 27.2 Å². The number of hydrogen-bond donors (Lipinski definition) is 1. The van der Waals surface area contributed by atoms with Gasteiger partial charge >= 0.3 is 5.97 Å². The van der Waals surface area contributed by atoms with Crippen molar-refractivity contribution >= 4 is 56.7 Å². The van der Waals surface area contributed by atoms with Crippen molar-refractivity contribution in [3.63, 3.8) is 0 Å². The molecule has 2 aromatic carbocycles. The third-order valence-corrected chi connectivity index (χ3v) is 6.44. The van der Waals surface area contributed by atoms with Crippen LogP contribution in [0.2, 0.25) is 5.02 Å². The second-order valence-electron chi connectivity index (χ2n) is 7.39. The van der Waals surface area contributed by atoms with Crippen LogP contribution in [0.1, 0.15) is 23.1 Å². The lowest BCUT2D eigenvalue weighted by molar-refractivity contribution is -0.151. The lowest BCUT2D eigenvalue weighted by Gasteiger charge is -2.19. The lowest BCUT2D eigenvalue weighted by Crippen LogP contribution is -2.28. The number of nitrogens with one attached hydrogen (secondary N) is 1. The highest BCUT2D eigenvalue weighted by molar-refractivity contribution is 9.10. The predicted molar refractivity (Wildman–Crippen MR) is 120 cm³/mol. The molecule has 0 aliphatic carbocycles. The van der Waals surface area contributed by atoms with Crippen LogP contribution in [0.5, 0.6) is 0 Å². The van der Waals surface area contributed by atoms with Crippen molar-refractivity contribution < 1.29 is 19.1 Å². The van der Waals surface area contributed by atoms with Gasteiger partial charge in [0.25, 0.3) is 5.91 Å². The molecule has 1 saturated heterocycles. The number of ether oxygens (including phenoxy) is 1. The van der Waals surface area contributed by atoms with Crippen molar-refractivity contribution in [2.24, 2.45) is 5.92 Å². The number of hydrogen-bond acceptors (Lipinski definition) is 4. The van der Waals surface area contributed by atoms with Gasteiger partial charge in [0.15, 0.2) is 6.61 Å². The second-order valence-corrected chi connectivity index (χ2v) is 8.62. The first-order chi connectivity index (χ1) is 14.2. The van der Waals surface area contributed by atoms with E-state index in [0.29, 0.717) is 16.3 Å². The number of amides is 2.